The summed E-state index contributed by atoms with van der Waals surface area (Å²) in [5.74, 6) is -1.45. The van der Waals surface area contributed by atoms with Gasteiger partial charge in [0, 0.05) is 10.9 Å². The molecule has 0 saturated carbocycles. The summed E-state index contributed by atoms with van der Waals surface area (Å²) in [4.78, 5) is 13.9. The molecule has 0 aromatic carbocycles. The van der Waals surface area contributed by atoms with E-state index in [2.05, 4.69) is 20.9 Å². The molecule has 0 spiro atoms. The lowest BCUT2D eigenvalue weighted by Crippen LogP contribution is -2.15. The first-order valence-electron chi connectivity index (χ1n) is 4.82. The maximum absolute atomic E-state index is 12.7. The molecule has 0 amide bonds. The van der Waals surface area contributed by atoms with E-state index in [4.69, 9.17) is 5.11 Å². The average molecular weight is 348 g/mol. The van der Waals surface area contributed by atoms with Gasteiger partial charge < -0.3 is 5.11 Å². The molecule has 1 aromatic heterocycles. The smallest absolute Gasteiger partial charge is 0.418 e. The van der Waals surface area contributed by atoms with Gasteiger partial charge in [-0.25, -0.2) is 8.78 Å². The molecular formula is C10H7BrF5NO2. The molecule has 0 saturated heterocycles. The van der Waals surface area contributed by atoms with E-state index in [9.17, 15) is 26.7 Å². The fourth-order valence-electron chi connectivity index (χ4n) is 1.43. The first-order chi connectivity index (χ1) is 8.66. The Kier molecular flexibility index (Phi) is 4.83. The van der Waals surface area contributed by atoms with Crippen LogP contribution >= 0.6 is 15.9 Å². The number of hydrogen-bond donors (Lipinski definition) is 1. The number of nitrogens with zero attached hydrogens (tertiary/aromatic N) is 1. The second kappa shape index (κ2) is 5.81. The number of aromatic nitrogens is 1. The van der Waals surface area contributed by atoms with Crippen molar-refractivity contribution in [1.29, 1.82) is 0 Å². The van der Waals surface area contributed by atoms with Crippen molar-refractivity contribution in [3.05, 3.63) is 28.6 Å². The van der Waals surface area contributed by atoms with Gasteiger partial charge in [-0.15, -0.1) is 0 Å². The summed E-state index contributed by atoms with van der Waals surface area (Å²) in [6.45, 7) is 0. The van der Waals surface area contributed by atoms with E-state index in [0.29, 0.717) is 0 Å². The minimum Gasteiger partial charge on any atom is -0.481 e. The van der Waals surface area contributed by atoms with E-state index in [1.165, 1.54) is 0 Å². The summed E-state index contributed by atoms with van der Waals surface area (Å²) in [6.07, 6.45) is -8.92. The minimum absolute atomic E-state index is 0.256. The Morgan fingerprint density at radius 2 is 1.95 bits per heavy atom. The van der Waals surface area contributed by atoms with E-state index in [1.54, 1.807) is 0 Å². The predicted molar refractivity (Wildman–Crippen MR) is 58.2 cm³/mol. The van der Waals surface area contributed by atoms with Gasteiger partial charge in [-0.1, -0.05) is 15.9 Å². The van der Waals surface area contributed by atoms with Crippen LogP contribution in [0.15, 0.2) is 6.07 Å². The zero-order valence-corrected chi connectivity index (χ0v) is 10.7. The standard InChI is InChI=1S/C10H7BrF5NO2/c11-3-7-5(10(14,15)16)1-4(9(12)13)6(17-7)2-8(18)19/h1,9H,2-3H2,(H,18,19). The number of halogens is 6. The molecule has 9 heteroatoms. The van der Waals surface area contributed by atoms with Gasteiger partial charge in [0.1, 0.15) is 0 Å². The van der Waals surface area contributed by atoms with Gasteiger partial charge in [0.25, 0.3) is 6.43 Å². The Labute approximate surface area is 112 Å². The lowest BCUT2D eigenvalue weighted by molar-refractivity contribution is -0.138. The maximum Gasteiger partial charge on any atom is 0.418 e. The van der Waals surface area contributed by atoms with Gasteiger partial charge in [-0.2, -0.15) is 13.2 Å². The molecule has 0 atom stereocenters. The highest BCUT2D eigenvalue weighted by Gasteiger charge is 2.36. The Balaban J connectivity index is 3.46. The number of rotatable bonds is 4. The molecule has 1 aromatic rings. The third kappa shape index (κ3) is 3.85. The van der Waals surface area contributed by atoms with Gasteiger partial charge in [-0.05, 0) is 6.07 Å². The molecule has 19 heavy (non-hydrogen) atoms. The summed E-state index contributed by atoms with van der Waals surface area (Å²) < 4.78 is 63.3. The molecule has 0 aliphatic carbocycles. The van der Waals surface area contributed by atoms with Crippen LogP contribution in [0.1, 0.15) is 28.9 Å². The van der Waals surface area contributed by atoms with Crippen LogP contribution in [0.4, 0.5) is 22.0 Å². The van der Waals surface area contributed by atoms with Crippen LogP contribution in [0.25, 0.3) is 0 Å². The monoisotopic (exact) mass is 347 g/mol. The average Bonchev–Trinajstić information content (AvgIpc) is 2.25. The Morgan fingerprint density at radius 1 is 1.37 bits per heavy atom. The van der Waals surface area contributed by atoms with Gasteiger partial charge >= 0.3 is 12.1 Å². The van der Waals surface area contributed by atoms with Crippen LogP contribution in [0.2, 0.25) is 0 Å². The fraction of sp³-hybridized carbons (Fsp3) is 0.400. The maximum atomic E-state index is 12.7. The van der Waals surface area contributed by atoms with Crippen molar-refractivity contribution >= 4 is 21.9 Å². The summed E-state index contributed by atoms with van der Waals surface area (Å²) in [5.41, 5.74) is -3.40. The van der Waals surface area contributed by atoms with Crippen molar-refractivity contribution in [2.45, 2.75) is 24.4 Å². The minimum atomic E-state index is -4.83. The van der Waals surface area contributed by atoms with Gasteiger partial charge in [0.2, 0.25) is 0 Å². The van der Waals surface area contributed by atoms with Gasteiger partial charge in [-0.3, -0.25) is 9.78 Å². The number of pyridine rings is 1. The highest BCUT2D eigenvalue weighted by Crippen LogP contribution is 2.35. The molecule has 1 rings (SSSR count). The quantitative estimate of drug-likeness (QED) is 0.669. The number of hydrogen-bond acceptors (Lipinski definition) is 2. The highest BCUT2D eigenvalue weighted by atomic mass is 79.9. The summed E-state index contributed by atoms with van der Waals surface area (Å²) >= 11 is 2.77. The first kappa shape index (κ1) is 15.8. The van der Waals surface area contributed by atoms with Gasteiger partial charge in [0.05, 0.1) is 23.4 Å². The molecule has 0 fully saturated rings. The number of carboxylic acid groups (broad SMARTS) is 1. The molecule has 0 bridgehead atoms. The summed E-state index contributed by atoms with van der Waals surface area (Å²) in [6, 6.07) is 0.256. The second-order valence-corrected chi connectivity index (χ2v) is 4.08. The normalized spacial score (nSPS) is 11.9. The van der Waals surface area contributed by atoms with Crippen molar-refractivity contribution in [3.8, 4) is 0 Å². The predicted octanol–water partition coefficient (Wildman–Crippen LogP) is 3.56. The van der Waals surface area contributed by atoms with Crippen molar-refractivity contribution < 1.29 is 31.9 Å². The number of alkyl halides is 6. The molecule has 106 valence electrons. The SMILES string of the molecule is O=C(O)Cc1nc(CBr)c(C(F)(F)F)cc1C(F)F. The topological polar surface area (TPSA) is 50.2 Å². The van der Waals surface area contributed by atoms with E-state index in [1.807, 2.05) is 0 Å². The van der Waals surface area contributed by atoms with Crippen molar-refractivity contribution in [1.82, 2.24) is 4.98 Å². The Hall–Kier alpha value is -1.25. The zero-order valence-electron chi connectivity index (χ0n) is 9.14. The third-order valence-electron chi connectivity index (χ3n) is 2.20. The Bertz CT molecular complexity index is 490. The van der Waals surface area contributed by atoms with Crippen LogP contribution in [-0.2, 0) is 22.7 Å². The number of aliphatic carboxylic acids is 1. The molecule has 0 unspecified atom stereocenters. The molecule has 1 heterocycles. The molecule has 1 N–H and O–H groups in total. The molecular weight excluding hydrogens is 341 g/mol. The lowest BCUT2D eigenvalue weighted by Gasteiger charge is -2.15. The van der Waals surface area contributed by atoms with E-state index in [-0.39, 0.29) is 11.4 Å². The molecule has 0 aliphatic heterocycles. The zero-order chi connectivity index (χ0) is 14.8. The van der Waals surface area contributed by atoms with E-state index in [0.717, 1.165) is 0 Å². The van der Waals surface area contributed by atoms with Crippen LogP contribution in [0.3, 0.4) is 0 Å². The van der Waals surface area contributed by atoms with Crippen LogP contribution in [0.5, 0.6) is 0 Å². The highest BCUT2D eigenvalue weighted by molar-refractivity contribution is 9.08. The van der Waals surface area contributed by atoms with Crippen molar-refractivity contribution in [3.63, 3.8) is 0 Å². The van der Waals surface area contributed by atoms with Crippen molar-refractivity contribution in [2.75, 3.05) is 0 Å². The summed E-state index contributed by atoms with van der Waals surface area (Å²) in [7, 11) is 0. The van der Waals surface area contributed by atoms with Crippen LogP contribution in [0, 0.1) is 0 Å². The third-order valence-corrected chi connectivity index (χ3v) is 2.73. The van der Waals surface area contributed by atoms with Gasteiger partial charge in [0.15, 0.2) is 0 Å². The van der Waals surface area contributed by atoms with Crippen LogP contribution in [-0.4, -0.2) is 16.1 Å². The fourth-order valence-corrected chi connectivity index (χ4v) is 1.86. The second-order valence-electron chi connectivity index (χ2n) is 3.52. The number of carboxylic acids is 1. The van der Waals surface area contributed by atoms with E-state index < -0.39 is 47.5 Å². The van der Waals surface area contributed by atoms with E-state index >= 15 is 0 Å². The van der Waals surface area contributed by atoms with Crippen molar-refractivity contribution in [2.24, 2.45) is 0 Å². The largest absolute Gasteiger partial charge is 0.481 e. The van der Waals surface area contributed by atoms with Crippen LogP contribution < -0.4 is 0 Å². The first-order valence-corrected chi connectivity index (χ1v) is 5.94. The molecule has 3 nitrogen and oxygen atoms in total. The molecule has 0 aliphatic rings. The summed E-state index contributed by atoms with van der Waals surface area (Å²) in [5, 5.41) is 8.23. The number of carbonyl (C=O) groups is 1. The lowest BCUT2D eigenvalue weighted by atomic mass is 10.1. The molecule has 0 radical (unpaired) electrons. The Morgan fingerprint density at radius 3 is 2.32 bits per heavy atom.